The van der Waals surface area contributed by atoms with E-state index in [1.807, 2.05) is 19.9 Å². The second-order valence-corrected chi connectivity index (χ2v) is 3.24. The predicted octanol–water partition coefficient (Wildman–Crippen LogP) is 2.55. The summed E-state index contributed by atoms with van der Waals surface area (Å²) in [5.74, 6) is 0. The van der Waals surface area contributed by atoms with Gasteiger partial charge in [0, 0.05) is 0 Å². The van der Waals surface area contributed by atoms with E-state index in [9.17, 15) is 9.59 Å². The molecule has 0 saturated heterocycles. The van der Waals surface area contributed by atoms with E-state index < -0.39 is 0 Å². The lowest BCUT2D eigenvalue weighted by atomic mass is 10.0. The molecule has 15 heavy (non-hydrogen) atoms. The third-order valence-corrected chi connectivity index (χ3v) is 2.29. The van der Waals surface area contributed by atoms with E-state index >= 15 is 0 Å². The van der Waals surface area contributed by atoms with E-state index in [-0.39, 0.29) is 0 Å². The van der Waals surface area contributed by atoms with Crippen LogP contribution in [0.2, 0.25) is 0 Å². The number of nitrogens with zero attached hydrogens (tertiary/aromatic N) is 2. The van der Waals surface area contributed by atoms with E-state index in [4.69, 9.17) is 0 Å². The lowest BCUT2D eigenvalue weighted by molar-refractivity contribution is 0.564. The van der Waals surface area contributed by atoms with Gasteiger partial charge in [0.15, 0.2) is 0 Å². The molecule has 0 N–H and O–H groups in total. The first kappa shape index (κ1) is 11.1. The molecule has 0 unspecified atom stereocenters. The summed E-state index contributed by atoms with van der Waals surface area (Å²) in [4.78, 5) is 27.6. The van der Waals surface area contributed by atoms with Crippen molar-refractivity contribution in [1.82, 2.24) is 0 Å². The highest BCUT2D eigenvalue weighted by atomic mass is 16.1. The van der Waals surface area contributed by atoms with Crippen molar-refractivity contribution >= 4 is 23.5 Å². The van der Waals surface area contributed by atoms with Crippen molar-refractivity contribution in [2.75, 3.05) is 0 Å². The molecule has 1 aromatic carbocycles. The Hall–Kier alpha value is -2.02. The molecule has 0 heterocycles. The maximum absolute atomic E-state index is 10.3. The first-order chi connectivity index (χ1) is 7.11. The van der Waals surface area contributed by atoms with Crippen LogP contribution in [0.4, 0.5) is 11.4 Å². The molecule has 0 fully saturated rings. The maximum atomic E-state index is 10.3. The van der Waals surface area contributed by atoms with E-state index in [0.29, 0.717) is 11.4 Å². The fraction of sp³-hybridized carbons (Fsp3) is 0.273. The second-order valence-electron chi connectivity index (χ2n) is 3.24. The third kappa shape index (κ3) is 2.08. The number of hydrogen-bond donors (Lipinski definition) is 0. The quantitative estimate of drug-likeness (QED) is 0.546. The molecule has 76 valence electrons. The minimum atomic E-state index is 0.386. The van der Waals surface area contributed by atoms with Crippen molar-refractivity contribution in [3.05, 3.63) is 22.8 Å². The van der Waals surface area contributed by atoms with Gasteiger partial charge in [-0.1, -0.05) is 6.07 Å². The van der Waals surface area contributed by atoms with Gasteiger partial charge < -0.3 is 0 Å². The van der Waals surface area contributed by atoms with Crippen LogP contribution in [0, 0.1) is 20.8 Å². The van der Waals surface area contributed by atoms with Gasteiger partial charge >= 0.3 is 0 Å². The Morgan fingerprint density at radius 3 is 2.00 bits per heavy atom. The van der Waals surface area contributed by atoms with Gasteiger partial charge in [0.05, 0.1) is 0 Å². The fourth-order valence-electron chi connectivity index (χ4n) is 1.42. The van der Waals surface area contributed by atoms with Gasteiger partial charge in [-0.2, -0.15) is 9.98 Å². The van der Waals surface area contributed by atoms with Crippen LogP contribution in [-0.2, 0) is 9.59 Å². The summed E-state index contributed by atoms with van der Waals surface area (Å²) < 4.78 is 0. The minimum absolute atomic E-state index is 0.386. The van der Waals surface area contributed by atoms with Gasteiger partial charge in [0.2, 0.25) is 12.2 Å². The molecule has 4 nitrogen and oxygen atoms in total. The monoisotopic (exact) mass is 202 g/mol. The summed E-state index contributed by atoms with van der Waals surface area (Å²) in [5, 5.41) is 0. The topological polar surface area (TPSA) is 58.9 Å². The summed E-state index contributed by atoms with van der Waals surface area (Å²) >= 11 is 0. The van der Waals surface area contributed by atoms with Crippen LogP contribution in [-0.4, -0.2) is 12.2 Å². The van der Waals surface area contributed by atoms with E-state index in [2.05, 4.69) is 9.98 Å². The molecule has 1 aromatic rings. The standard InChI is InChI=1S/C11H10N2O2/c1-7-4-8(2)10(12-5-14)11(9(7)3)13-6-15/h4H,1-3H3. The number of isocyanates is 2. The Balaban J connectivity index is 3.67. The van der Waals surface area contributed by atoms with Gasteiger partial charge in [-0.05, 0) is 37.5 Å². The summed E-state index contributed by atoms with van der Waals surface area (Å²) in [7, 11) is 0. The number of hydrogen-bond acceptors (Lipinski definition) is 4. The third-order valence-electron chi connectivity index (χ3n) is 2.29. The average molecular weight is 202 g/mol. The van der Waals surface area contributed by atoms with E-state index in [1.165, 1.54) is 12.2 Å². The number of aryl methyl sites for hydroxylation is 2. The molecule has 0 radical (unpaired) electrons. The smallest absolute Gasteiger partial charge is 0.211 e. The molecule has 0 aliphatic heterocycles. The molecule has 0 aliphatic rings. The largest absolute Gasteiger partial charge is 0.240 e. The zero-order chi connectivity index (χ0) is 11.4. The van der Waals surface area contributed by atoms with Crippen molar-refractivity contribution in [2.45, 2.75) is 20.8 Å². The van der Waals surface area contributed by atoms with Crippen LogP contribution in [0.1, 0.15) is 16.7 Å². The van der Waals surface area contributed by atoms with Gasteiger partial charge in [0.25, 0.3) is 0 Å². The summed E-state index contributed by atoms with van der Waals surface area (Å²) in [5.41, 5.74) is 3.38. The lowest BCUT2D eigenvalue weighted by Crippen LogP contribution is -1.86. The first-order valence-corrected chi connectivity index (χ1v) is 4.38. The number of carbonyl (C=O) groups excluding carboxylic acids is 2. The highest BCUT2D eigenvalue weighted by Crippen LogP contribution is 2.36. The van der Waals surface area contributed by atoms with Crippen molar-refractivity contribution in [3.63, 3.8) is 0 Å². The molecule has 0 bridgehead atoms. The van der Waals surface area contributed by atoms with Crippen molar-refractivity contribution in [1.29, 1.82) is 0 Å². The molecule has 0 aromatic heterocycles. The van der Waals surface area contributed by atoms with Gasteiger partial charge in [-0.25, -0.2) is 9.59 Å². The Labute approximate surface area is 87.4 Å². The summed E-state index contributed by atoms with van der Waals surface area (Å²) in [6.45, 7) is 5.52. The Kier molecular flexibility index (Phi) is 3.29. The normalized spacial score (nSPS) is 9.00. The Morgan fingerprint density at radius 2 is 1.47 bits per heavy atom. The number of rotatable bonds is 2. The number of aliphatic imine (C=N–C) groups is 2. The van der Waals surface area contributed by atoms with Crippen LogP contribution in [0.25, 0.3) is 0 Å². The predicted molar refractivity (Wildman–Crippen MR) is 56.2 cm³/mol. The molecule has 0 atom stereocenters. The first-order valence-electron chi connectivity index (χ1n) is 4.38. The van der Waals surface area contributed by atoms with Crippen LogP contribution >= 0.6 is 0 Å². The van der Waals surface area contributed by atoms with Gasteiger partial charge in [-0.15, -0.1) is 0 Å². The molecule has 1 rings (SSSR count). The Morgan fingerprint density at radius 1 is 0.933 bits per heavy atom. The zero-order valence-electron chi connectivity index (χ0n) is 8.79. The molecule has 4 heteroatoms. The van der Waals surface area contributed by atoms with Crippen molar-refractivity contribution in [3.8, 4) is 0 Å². The molecule has 0 saturated carbocycles. The number of benzene rings is 1. The second kappa shape index (κ2) is 4.47. The summed E-state index contributed by atoms with van der Waals surface area (Å²) in [6.07, 6.45) is 2.92. The van der Waals surface area contributed by atoms with E-state index in [1.54, 1.807) is 6.92 Å². The lowest BCUT2D eigenvalue weighted by Gasteiger charge is -2.08. The highest BCUT2D eigenvalue weighted by Gasteiger charge is 2.10. The molecule has 0 amide bonds. The average Bonchev–Trinajstić information content (AvgIpc) is 2.20. The Bertz CT molecular complexity index is 494. The van der Waals surface area contributed by atoms with Crippen molar-refractivity contribution in [2.24, 2.45) is 9.98 Å². The molecular weight excluding hydrogens is 192 g/mol. The van der Waals surface area contributed by atoms with E-state index in [0.717, 1.165) is 16.7 Å². The van der Waals surface area contributed by atoms with Crippen LogP contribution in [0.3, 0.4) is 0 Å². The summed E-state index contributed by atoms with van der Waals surface area (Å²) in [6, 6.07) is 1.88. The van der Waals surface area contributed by atoms with Gasteiger partial charge in [-0.3, -0.25) is 0 Å². The molecule has 0 aliphatic carbocycles. The highest BCUT2D eigenvalue weighted by molar-refractivity contribution is 5.75. The fourth-order valence-corrected chi connectivity index (χ4v) is 1.42. The minimum Gasteiger partial charge on any atom is -0.211 e. The van der Waals surface area contributed by atoms with Crippen LogP contribution in [0.5, 0.6) is 0 Å². The zero-order valence-corrected chi connectivity index (χ0v) is 8.79. The van der Waals surface area contributed by atoms with Crippen molar-refractivity contribution < 1.29 is 9.59 Å². The SMILES string of the molecule is Cc1cc(C)c(N=C=O)c(N=C=O)c1C. The molecular formula is C11H10N2O2. The van der Waals surface area contributed by atoms with Crippen LogP contribution < -0.4 is 0 Å². The maximum Gasteiger partial charge on any atom is 0.240 e. The molecule has 0 spiro atoms. The van der Waals surface area contributed by atoms with Crippen LogP contribution in [0.15, 0.2) is 16.1 Å². The van der Waals surface area contributed by atoms with Gasteiger partial charge in [0.1, 0.15) is 11.4 Å².